The van der Waals surface area contributed by atoms with Gasteiger partial charge in [0.1, 0.15) is 10.7 Å². The third-order valence-electron chi connectivity index (χ3n) is 4.53. The van der Waals surface area contributed by atoms with Crippen LogP contribution in [0.3, 0.4) is 0 Å². The number of halogens is 1. The molecule has 3 aromatic rings. The van der Waals surface area contributed by atoms with Gasteiger partial charge in [0.2, 0.25) is 0 Å². The Bertz CT molecular complexity index is 904. The molecule has 1 fully saturated rings. The van der Waals surface area contributed by atoms with Crippen molar-refractivity contribution in [3.63, 3.8) is 0 Å². The highest BCUT2D eigenvalue weighted by molar-refractivity contribution is 7.08. The molecule has 26 heavy (non-hydrogen) atoms. The lowest BCUT2D eigenvalue weighted by atomic mass is 10.1. The lowest BCUT2D eigenvalue weighted by Gasteiger charge is -2.35. The molecule has 0 unspecified atom stereocenters. The summed E-state index contributed by atoms with van der Waals surface area (Å²) in [5, 5.41) is 0. The molecule has 0 aliphatic carbocycles. The number of amides is 1. The van der Waals surface area contributed by atoms with E-state index >= 15 is 0 Å². The molecule has 0 bridgehead atoms. The second-order valence-corrected chi connectivity index (χ2v) is 7.01. The van der Waals surface area contributed by atoms with Crippen molar-refractivity contribution in [2.45, 2.75) is 0 Å². The van der Waals surface area contributed by atoms with Gasteiger partial charge in [0, 0.05) is 37.4 Å². The molecular formula is C20H18FN3OS. The number of aromatic nitrogens is 1. The maximum Gasteiger partial charge on any atom is 0.265 e. The lowest BCUT2D eigenvalue weighted by molar-refractivity contribution is 0.0751. The van der Waals surface area contributed by atoms with E-state index in [4.69, 9.17) is 0 Å². The van der Waals surface area contributed by atoms with Gasteiger partial charge in [-0.15, -0.1) is 0 Å². The number of hydrogen-bond acceptors (Lipinski definition) is 4. The van der Waals surface area contributed by atoms with Gasteiger partial charge in [-0.25, -0.2) is 4.39 Å². The Hall–Kier alpha value is -2.73. The van der Waals surface area contributed by atoms with E-state index in [0.29, 0.717) is 29.2 Å². The predicted molar refractivity (Wildman–Crippen MR) is 102 cm³/mol. The van der Waals surface area contributed by atoms with E-state index in [1.807, 2.05) is 23.1 Å². The Morgan fingerprint density at radius 1 is 0.962 bits per heavy atom. The minimum Gasteiger partial charge on any atom is -0.368 e. The average Bonchev–Trinajstić information content (AvgIpc) is 3.18. The lowest BCUT2D eigenvalue weighted by Crippen LogP contribution is -2.48. The summed E-state index contributed by atoms with van der Waals surface area (Å²) < 4.78 is 17.7. The van der Waals surface area contributed by atoms with E-state index in [1.165, 1.54) is 29.4 Å². The van der Waals surface area contributed by atoms with Gasteiger partial charge < -0.3 is 9.80 Å². The number of carbonyl (C=O) groups is 1. The molecule has 4 nitrogen and oxygen atoms in total. The van der Waals surface area contributed by atoms with Gasteiger partial charge in [0.15, 0.2) is 0 Å². The molecule has 1 saturated heterocycles. The van der Waals surface area contributed by atoms with Crippen LogP contribution in [-0.2, 0) is 0 Å². The Kier molecular flexibility index (Phi) is 4.67. The molecule has 0 saturated carbocycles. The summed E-state index contributed by atoms with van der Waals surface area (Å²) >= 11 is 1.17. The number of nitrogens with zero attached hydrogens (tertiary/aromatic N) is 3. The highest BCUT2D eigenvalue weighted by Gasteiger charge is 2.24. The molecule has 132 valence electrons. The summed E-state index contributed by atoms with van der Waals surface area (Å²) in [4.78, 5) is 17.5. The van der Waals surface area contributed by atoms with Gasteiger partial charge in [-0.1, -0.05) is 30.3 Å². The fraction of sp³-hybridized carbons (Fsp3) is 0.200. The van der Waals surface area contributed by atoms with Crippen LogP contribution in [0.15, 0.2) is 60.7 Å². The van der Waals surface area contributed by atoms with Crippen molar-refractivity contribution >= 4 is 23.1 Å². The molecule has 1 amide bonds. The van der Waals surface area contributed by atoms with E-state index in [-0.39, 0.29) is 11.7 Å². The van der Waals surface area contributed by atoms with Gasteiger partial charge in [-0.05, 0) is 41.9 Å². The number of benzene rings is 2. The van der Waals surface area contributed by atoms with Gasteiger partial charge >= 0.3 is 0 Å². The molecule has 1 aromatic heterocycles. The molecule has 1 aliphatic rings. The summed E-state index contributed by atoms with van der Waals surface area (Å²) in [5.74, 6) is -0.307. The number of carbonyl (C=O) groups excluding carboxylic acids is 1. The first-order valence-corrected chi connectivity index (χ1v) is 9.30. The Morgan fingerprint density at radius 3 is 2.46 bits per heavy atom. The largest absolute Gasteiger partial charge is 0.368 e. The molecule has 1 aliphatic heterocycles. The van der Waals surface area contributed by atoms with Crippen molar-refractivity contribution < 1.29 is 9.18 Å². The first-order valence-electron chi connectivity index (χ1n) is 8.52. The van der Waals surface area contributed by atoms with Crippen LogP contribution in [-0.4, -0.2) is 41.4 Å². The monoisotopic (exact) mass is 367 g/mol. The Morgan fingerprint density at radius 2 is 1.73 bits per heavy atom. The van der Waals surface area contributed by atoms with E-state index in [0.717, 1.165) is 13.1 Å². The Labute approximate surface area is 155 Å². The number of hydrogen-bond donors (Lipinski definition) is 0. The summed E-state index contributed by atoms with van der Waals surface area (Å²) in [5.41, 5.74) is 2.51. The normalized spacial score (nSPS) is 14.5. The van der Waals surface area contributed by atoms with Gasteiger partial charge in [0.25, 0.3) is 5.91 Å². The molecule has 0 N–H and O–H groups in total. The van der Waals surface area contributed by atoms with Crippen LogP contribution in [0.2, 0.25) is 0 Å². The maximum absolute atomic E-state index is 13.4. The molecule has 2 heterocycles. The summed E-state index contributed by atoms with van der Waals surface area (Å²) in [6.07, 6.45) is 0. The number of rotatable bonds is 3. The van der Waals surface area contributed by atoms with Gasteiger partial charge in [-0.2, -0.15) is 4.37 Å². The van der Waals surface area contributed by atoms with Crippen molar-refractivity contribution in [2.24, 2.45) is 0 Å². The molecule has 0 spiro atoms. The zero-order valence-corrected chi connectivity index (χ0v) is 15.0. The second-order valence-electron chi connectivity index (χ2n) is 6.20. The number of para-hydroxylation sites is 1. The maximum atomic E-state index is 13.4. The summed E-state index contributed by atoms with van der Waals surface area (Å²) in [7, 11) is 0. The average molecular weight is 367 g/mol. The van der Waals surface area contributed by atoms with Crippen LogP contribution in [0, 0.1) is 5.82 Å². The van der Waals surface area contributed by atoms with Crippen molar-refractivity contribution in [1.29, 1.82) is 0 Å². The highest BCUT2D eigenvalue weighted by Crippen LogP contribution is 2.24. The van der Waals surface area contributed by atoms with Gasteiger partial charge in [-0.3, -0.25) is 4.79 Å². The van der Waals surface area contributed by atoms with Crippen LogP contribution in [0.25, 0.3) is 11.3 Å². The molecule has 4 rings (SSSR count). The standard InChI is InChI=1S/C20H18FN3OS/c21-16-6-4-5-15(13-16)18-14-19(26-22-18)20(25)24-11-9-23(10-12-24)17-7-2-1-3-8-17/h1-8,13-14H,9-12H2. The zero-order valence-electron chi connectivity index (χ0n) is 14.1. The van der Waals surface area contributed by atoms with Crippen molar-refractivity contribution in [1.82, 2.24) is 9.27 Å². The van der Waals surface area contributed by atoms with Gasteiger partial charge in [0.05, 0.1) is 5.69 Å². The molecule has 0 atom stereocenters. The SMILES string of the molecule is O=C(c1cc(-c2cccc(F)c2)ns1)N1CCN(c2ccccc2)CC1. The van der Waals surface area contributed by atoms with Crippen LogP contribution in [0.1, 0.15) is 9.67 Å². The van der Waals surface area contributed by atoms with Crippen molar-refractivity contribution in [3.8, 4) is 11.3 Å². The van der Waals surface area contributed by atoms with Crippen molar-refractivity contribution in [3.05, 3.63) is 71.4 Å². The minimum absolute atomic E-state index is 0.00198. The third kappa shape index (κ3) is 3.46. The first-order chi connectivity index (χ1) is 12.7. The Balaban J connectivity index is 1.43. The van der Waals surface area contributed by atoms with E-state index < -0.39 is 0 Å². The smallest absolute Gasteiger partial charge is 0.265 e. The third-order valence-corrected chi connectivity index (χ3v) is 5.31. The molecule has 2 aromatic carbocycles. The van der Waals surface area contributed by atoms with E-state index in [9.17, 15) is 9.18 Å². The first kappa shape index (κ1) is 16.7. The van der Waals surface area contributed by atoms with E-state index in [1.54, 1.807) is 18.2 Å². The predicted octanol–water partition coefficient (Wildman–Crippen LogP) is 3.91. The molecular weight excluding hydrogens is 349 g/mol. The van der Waals surface area contributed by atoms with Crippen LogP contribution in [0.4, 0.5) is 10.1 Å². The topological polar surface area (TPSA) is 36.4 Å². The zero-order chi connectivity index (χ0) is 17.9. The number of piperazine rings is 1. The van der Waals surface area contributed by atoms with Crippen LogP contribution >= 0.6 is 11.5 Å². The highest BCUT2D eigenvalue weighted by atomic mass is 32.1. The molecule has 0 radical (unpaired) electrons. The second kappa shape index (κ2) is 7.25. The summed E-state index contributed by atoms with van der Waals surface area (Å²) in [6, 6.07) is 18.3. The minimum atomic E-state index is -0.305. The van der Waals surface area contributed by atoms with E-state index in [2.05, 4.69) is 21.4 Å². The van der Waals surface area contributed by atoms with Crippen LogP contribution < -0.4 is 4.90 Å². The quantitative estimate of drug-likeness (QED) is 0.704. The number of anilines is 1. The molecule has 6 heteroatoms. The summed E-state index contributed by atoms with van der Waals surface area (Å²) in [6.45, 7) is 2.98. The fourth-order valence-electron chi connectivity index (χ4n) is 3.12. The van der Waals surface area contributed by atoms with Crippen molar-refractivity contribution in [2.75, 3.05) is 31.1 Å². The van der Waals surface area contributed by atoms with Crippen LogP contribution in [0.5, 0.6) is 0 Å². The fourth-order valence-corrected chi connectivity index (χ4v) is 3.85.